The van der Waals surface area contributed by atoms with E-state index in [9.17, 15) is 0 Å². The Kier molecular flexibility index (Phi) is 7.34. The fourth-order valence-corrected chi connectivity index (χ4v) is 8.37. The van der Waals surface area contributed by atoms with E-state index >= 15 is 0 Å². The summed E-state index contributed by atoms with van der Waals surface area (Å²) in [7, 11) is 0. The van der Waals surface area contributed by atoms with Gasteiger partial charge in [-0.3, -0.25) is 8.80 Å². The Morgan fingerprint density at radius 3 is 1.15 bits per heavy atom. The molecule has 11 rings (SSSR count). The molecule has 0 N–H and O–H groups in total. The van der Waals surface area contributed by atoms with Crippen molar-refractivity contribution in [2.75, 3.05) is 4.90 Å². The smallest absolute Gasteiger partial charge is 0.131 e. The molecule has 0 bridgehead atoms. The van der Waals surface area contributed by atoms with Gasteiger partial charge in [0.05, 0.1) is 22.1 Å². The van der Waals surface area contributed by atoms with Crippen LogP contribution < -0.4 is 4.90 Å². The van der Waals surface area contributed by atoms with Gasteiger partial charge in [-0.25, -0.2) is 0 Å². The van der Waals surface area contributed by atoms with E-state index in [0.29, 0.717) is 0 Å². The topological polar surface area (TPSA) is 12.1 Å². The van der Waals surface area contributed by atoms with Crippen LogP contribution in [0.5, 0.6) is 0 Å². The van der Waals surface area contributed by atoms with Gasteiger partial charge in [-0.05, 0) is 94.0 Å². The fourth-order valence-electron chi connectivity index (χ4n) is 8.37. The molecule has 0 atom stereocenters. The SMILES string of the molecule is C.c1ccc(-c2ccc(N(c3ccc(-c4ccccc4)cc3)c3ccc(-c4ccc5c(c4)n4c6ccccc6c6c7ccccc7n5c64)cc3)cc2)cc1. The second-order valence-electron chi connectivity index (χ2n) is 13.8. The summed E-state index contributed by atoms with van der Waals surface area (Å²) in [6.07, 6.45) is 0. The maximum atomic E-state index is 2.46. The largest absolute Gasteiger partial charge is 0.311 e. The number of hydrogen-bond donors (Lipinski definition) is 0. The molecular formula is C51H37N3. The molecule has 0 aliphatic heterocycles. The Labute approximate surface area is 314 Å². The molecule has 3 heterocycles. The van der Waals surface area contributed by atoms with E-state index in [1.807, 2.05) is 0 Å². The molecule has 0 spiro atoms. The van der Waals surface area contributed by atoms with Crippen LogP contribution in [-0.2, 0) is 0 Å². The Morgan fingerprint density at radius 1 is 0.296 bits per heavy atom. The van der Waals surface area contributed by atoms with Crippen molar-refractivity contribution >= 4 is 60.9 Å². The van der Waals surface area contributed by atoms with Crippen LogP contribution in [0.4, 0.5) is 17.1 Å². The van der Waals surface area contributed by atoms with Crippen LogP contribution in [0.1, 0.15) is 7.43 Å². The normalized spacial score (nSPS) is 11.6. The van der Waals surface area contributed by atoms with Gasteiger partial charge < -0.3 is 4.90 Å². The first-order valence-electron chi connectivity index (χ1n) is 18.2. The van der Waals surface area contributed by atoms with Crippen LogP contribution >= 0.6 is 0 Å². The summed E-state index contributed by atoms with van der Waals surface area (Å²) in [5, 5.41) is 3.93. The van der Waals surface area contributed by atoms with E-state index in [4.69, 9.17) is 0 Å². The summed E-state index contributed by atoms with van der Waals surface area (Å²) in [6, 6.07) is 72.4. The summed E-state index contributed by atoms with van der Waals surface area (Å²) >= 11 is 0. The third-order valence-electron chi connectivity index (χ3n) is 10.9. The lowest BCUT2D eigenvalue weighted by Gasteiger charge is -2.26. The first-order chi connectivity index (χ1) is 26.3. The molecule has 3 aromatic heterocycles. The van der Waals surface area contributed by atoms with E-state index in [-0.39, 0.29) is 7.43 Å². The standard InChI is InChI=1S/C50H33N3.CH4/c1-3-11-34(12-4-1)36-19-26-40(27-20-36)51(41-28-21-37(22-29-41)35-13-5-2-6-14-35)42-30-23-38(24-31-42)39-25-32-47-48(33-39)53-46-18-10-8-16-44(46)49-43-15-7-9-17-45(43)52(47)50(49)53;/h1-33H;1H4. The lowest BCUT2D eigenvalue weighted by atomic mass is 10.0. The highest BCUT2D eigenvalue weighted by molar-refractivity contribution is 6.24. The number of fused-ring (bicyclic) bond motifs is 9. The molecule has 3 heteroatoms. The summed E-state index contributed by atoms with van der Waals surface area (Å²) < 4.78 is 4.90. The van der Waals surface area contributed by atoms with Crippen molar-refractivity contribution in [1.82, 2.24) is 8.80 Å². The highest BCUT2D eigenvalue weighted by Crippen LogP contribution is 2.42. The third-order valence-corrected chi connectivity index (χ3v) is 10.9. The van der Waals surface area contributed by atoms with E-state index in [1.54, 1.807) is 0 Å². The molecule has 8 aromatic carbocycles. The molecule has 0 fully saturated rings. The van der Waals surface area contributed by atoms with E-state index in [2.05, 4.69) is 214 Å². The van der Waals surface area contributed by atoms with Crippen LogP contribution in [-0.4, -0.2) is 8.80 Å². The molecule has 0 aliphatic carbocycles. The minimum Gasteiger partial charge on any atom is -0.311 e. The van der Waals surface area contributed by atoms with Gasteiger partial charge in [-0.15, -0.1) is 0 Å². The van der Waals surface area contributed by atoms with Crippen LogP contribution in [0.3, 0.4) is 0 Å². The van der Waals surface area contributed by atoms with Crippen molar-refractivity contribution in [3.8, 4) is 33.4 Å². The number of nitrogens with zero attached hydrogens (tertiary/aromatic N) is 3. The molecule has 0 unspecified atom stereocenters. The number of benzene rings is 8. The quantitative estimate of drug-likeness (QED) is 0.169. The highest BCUT2D eigenvalue weighted by atomic mass is 15.1. The highest BCUT2D eigenvalue weighted by Gasteiger charge is 2.22. The van der Waals surface area contributed by atoms with E-state index in [0.717, 1.165) is 17.1 Å². The molecular weight excluding hydrogens is 655 g/mol. The first-order valence-corrected chi connectivity index (χ1v) is 18.2. The summed E-state index contributed by atoms with van der Waals surface area (Å²) in [5.41, 5.74) is 16.7. The third kappa shape index (κ3) is 4.83. The van der Waals surface area contributed by atoms with Crippen molar-refractivity contribution in [3.63, 3.8) is 0 Å². The van der Waals surface area contributed by atoms with Crippen molar-refractivity contribution in [2.45, 2.75) is 7.43 Å². The average molecular weight is 692 g/mol. The molecule has 0 radical (unpaired) electrons. The molecule has 0 aliphatic rings. The zero-order valence-corrected chi connectivity index (χ0v) is 28.9. The first kappa shape index (κ1) is 31.6. The van der Waals surface area contributed by atoms with Gasteiger partial charge in [0.15, 0.2) is 0 Å². The summed E-state index contributed by atoms with van der Waals surface area (Å²) in [5.74, 6) is 0. The zero-order chi connectivity index (χ0) is 34.9. The summed E-state index contributed by atoms with van der Waals surface area (Å²) in [6.45, 7) is 0. The lowest BCUT2D eigenvalue weighted by molar-refractivity contribution is 1.28. The second-order valence-corrected chi connectivity index (χ2v) is 13.8. The van der Waals surface area contributed by atoms with Gasteiger partial charge in [0.1, 0.15) is 5.65 Å². The average Bonchev–Trinajstić information content (AvgIpc) is 3.87. The Bertz CT molecular complexity index is 2970. The monoisotopic (exact) mass is 691 g/mol. The Morgan fingerprint density at radius 2 is 0.667 bits per heavy atom. The molecule has 11 aromatic rings. The minimum absolute atomic E-state index is 0. The maximum absolute atomic E-state index is 2.46. The fraction of sp³-hybridized carbons (Fsp3) is 0.0196. The predicted octanol–water partition coefficient (Wildman–Crippen LogP) is 14.2. The number of para-hydroxylation sites is 2. The van der Waals surface area contributed by atoms with Crippen molar-refractivity contribution in [3.05, 3.63) is 200 Å². The van der Waals surface area contributed by atoms with Gasteiger partial charge in [-0.1, -0.05) is 147 Å². The maximum Gasteiger partial charge on any atom is 0.131 e. The van der Waals surface area contributed by atoms with Gasteiger partial charge >= 0.3 is 0 Å². The van der Waals surface area contributed by atoms with Crippen molar-refractivity contribution in [1.29, 1.82) is 0 Å². The second kappa shape index (κ2) is 12.5. The van der Waals surface area contributed by atoms with Crippen LogP contribution in [0.2, 0.25) is 0 Å². The number of imidazole rings is 1. The van der Waals surface area contributed by atoms with Crippen LogP contribution in [0, 0.1) is 0 Å². The molecule has 54 heavy (non-hydrogen) atoms. The van der Waals surface area contributed by atoms with Crippen molar-refractivity contribution < 1.29 is 0 Å². The molecule has 0 saturated heterocycles. The Hall–Kier alpha value is -7.10. The van der Waals surface area contributed by atoms with Gasteiger partial charge in [0.2, 0.25) is 0 Å². The minimum atomic E-state index is 0. The zero-order valence-electron chi connectivity index (χ0n) is 28.9. The Balaban J connectivity index is 0.00000361. The number of aromatic nitrogens is 2. The van der Waals surface area contributed by atoms with Crippen molar-refractivity contribution in [2.24, 2.45) is 0 Å². The van der Waals surface area contributed by atoms with Gasteiger partial charge in [0, 0.05) is 33.2 Å². The van der Waals surface area contributed by atoms with E-state index < -0.39 is 0 Å². The molecule has 3 nitrogen and oxygen atoms in total. The number of anilines is 3. The predicted molar refractivity (Wildman–Crippen MR) is 230 cm³/mol. The molecule has 0 saturated carbocycles. The number of rotatable bonds is 6. The molecule has 0 amide bonds. The van der Waals surface area contributed by atoms with Gasteiger partial charge in [-0.2, -0.15) is 0 Å². The molecule has 256 valence electrons. The van der Waals surface area contributed by atoms with Crippen LogP contribution in [0.25, 0.3) is 77.3 Å². The summed E-state index contributed by atoms with van der Waals surface area (Å²) in [4.78, 5) is 2.34. The number of hydrogen-bond acceptors (Lipinski definition) is 1. The van der Waals surface area contributed by atoms with E-state index in [1.165, 1.54) is 77.3 Å². The van der Waals surface area contributed by atoms with Gasteiger partial charge in [0.25, 0.3) is 0 Å². The van der Waals surface area contributed by atoms with Crippen LogP contribution in [0.15, 0.2) is 200 Å². The lowest BCUT2D eigenvalue weighted by Crippen LogP contribution is -2.09.